The van der Waals surface area contributed by atoms with E-state index in [2.05, 4.69) is 18.6 Å². The lowest BCUT2D eigenvalue weighted by Gasteiger charge is -2.16. The molecule has 0 amide bonds. The number of methoxy groups -OCH3 is 1. The normalized spacial score (nSPS) is 13.5. The van der Waals surface area contributed by atoms with Crippen LogP contribution in [0.25, 0.3) is 0 Å². The van der Waals surface area contributed by atoms with Gasteiger partial charge in [-0.1, -0.05) is 13.8 Å². The number of benzene rings is 1. The lowest BCUT2D eigenvalue weighted by Crippen LogP contribution is -2.33. The van der Waals surface area contributed by atoms with Gasteiger partial charge in [0.15, 0.2) is 0 Å². The van der Waals surface area contributed by atoms with E-state index in [1.165, 1.54) is 25.3 Å². The number of sulfonamides is 1. The number of nitrogen functional groups attached to an aromatic ring is 1. The first-order valence-corrected chi connectivity index (χ1v) is 7.70. The highest BCUT2D eigenvalue weighted by Crippen LogP contribution is 2.24. The average molecular weight is 286 g/mol. The number of ether oxygens (including phenoxy) is 1. The van der Waals surface area contributed by atoms with Crippen molar-refractivity contribution in [3.8, 4) is 5.75 Å². The van der Waals surface area contributed by atoms with Gasteiger partial charge in [0.25, 0.3) is 0 Å². The van der Waals surface area contributed by atoms with Crippen LogP contribution in [0, 0.1) is 5.92 Å². The minimum absolute atomic E-state index is 0.117. The monoisotopic (exact) mass is 286 g/mol. The molecule has 0 spiro atoms. The fraction of sp³-hybridized carbons (Fsp3) is 0.538. The number of hydrogen-bond acceptors (Lipinski definition) is 4. The number of nitrogens with one attached hydrogen (secondary N) is 1. The molecule has 6 heteroatoms. The van der Waals surface area contributed by atoms with E-state index >= 15 is 0 Å². The van der Waals surface area contributed by atoms with Crippen molar-refractivity contribution in [3.63, 3.8) is 0 Å². The molecule has 1 rings (SSSR count). The molecule has 5 nitrogen and oxygen atoms in total. The smallest absolute Gasteiger partial charge is 0.240 e. The van der Waals surface area contributed by atoms with Crippen LogP contribution in [0.15, 0.2) is 23.1 Å². The van der Waals surface area contributed by atoms with E-state index in [4.69, 9.17) is 10.5 Å². The van der Waals surface area contributed by atoms with Crippen LogP contribution in [0.1, 0.15) is 27.2 Å². The van der Waals surface area contributed by atoms with Gasteiger partial charge in [0.1, 0.15) is 5.75 Å². The molecule has 0 aromatic heterocycles. The van der Waals surface area contributed by atoms with E-state index in [1.54, 1.807) is 0 Å². The number of nitrogens with two attached hydrogens (primary N) is 1. The molecule has 0 heterocycles. The zero-order valence-corrected chi connectivity index (χ0v) is 12.6. The van der Waals surface area contributed by atoms with Gasteiger partial charge in [-0.05, 0) is 31.4 Å². The Morgan fingerprint density at radius 3 is 2.47 bits per heavy atom. The van der Waals surface area contributed by atoms with Crippen LogP contribution in [-0.2, 0) is 10.0 Å². The van der Waals surface area contributed by atoms with E-state index in [0.29, 0.717) is 17.4 Å². The maximum Gasteiger partial charge on any atom is 0.240 e. The summed E-state index contributed by atoms with van der Waals surface area (Å²) < 4.78 is 32.1. The number of hydrogen-bond donors (Lipinski definition) is 2. The Balaban J connectivity index is 2.94. The van der Waals surface area contributed by atoms with Crippen molar-refractivity contribution in [2.24, 2.45) is 5.92 Å². The van der Waals surface area contributed by atoms with Crippen LogP contribution in [0.4, 0.5) is 5.69 Å². The molecule has 0 aliphatic carbocycles. The quantitative estimate of drug-likeness (QED) is 0.784. The van der Waals surface area contributed by atoms with Gasteiger partial charge < -0.3 is 10.5 Å². The van der Waals surface area contributed by atoms with Crippen molar-refractivity contribution >= 4 is 15.7 Å². The highest BCUT2D eigenvalue weighted by atomic mass is 32.2. The second-order valence-corrected chi connectivity index (χ2v) is 6.77. The molecule has 108 valence electrons. The van der Waals surface area contributed by atoms with Crippen molar-refractivity contribution < 1.29 is 13.2 Å². The summed E-state index contributed by atoms with van der Waals surface area (Å²) in [6.07, 6.45) is 0.783. The summed E-state index contributed by atoms with van der Waals surface area (Å²) in [5.74, 6) is 0.790. The third kappa shape index (κ3) is 4.40. The first-order valence-electron chi connectivity index (χ1n) is 6.22. The van der Waals surface area contributed by atoms with Crippen LogP contribution in [-0.4, -0.2) is 21.6 Å². The van der Waals surface area contributed by atoms with Gasteiger partial charge in [-0.2, -0.15) is 0 Å². The van der Waals surface area contributed by atoms with Gasteiger partial charge >= 0.3 is 0 Å². The molecule has 0 fully saturated rings. The largest absolute Gasteiger partial charge is 0.495 e. The first-order chi connectivity index (χ1) is 8.76. The maximum absolute atomic E-state index is 12.2. The molecule has 1 aromatic carbocycles. The lowest BCUT2D eigenvalue weighted by atomic mass is 10.1. The summed E-state index contributed by atoms with van der Waals surface area (Å²) in [6.45, 7) is 5.96. The van der Waals surface area contributed by atoms with E-state index in [9.17, 15) is 8.42 Å². The van der Waals surface area contributed by atoms with Crippen molar-refractivity contribution in [1.29, 1.82) is 0 Å². The zero-order valence-electron chi connectivity index (χ0n) is 11.8. The molecule has 0 aliphatic heterocycles. The maximum atomic E-state index is 12.2. The molecular formula is C13H22N2O3S. The van der Waals surface area contributed by atoms with Gasteiger partial charge in [-0.3, -0.25) is 0 Å². The van der Waals surface area contributed by atoms with Gasteiger partial charge in [-0.25, -0.2) is 13.1 Å². The molecule has 0 radical (unpaired) electrons. The Morgan fingerprint density at radius 2 is 1.95 bits per heavy atom. The van der Waals surface area contributed by atoms with E-state index in [-0.39, 0.29) is 10.9 Å². The molecule has 1 atom stereocenters. The topological polar surface area (TPSA) is 81.4 Å². The Morgan fingerprint density at radius 1 is 1.32 bits per heavy atom. The Bertz CT molecular complexity index is 527. The third-order valence-corrected chi connectivity index (χ3v) is 4.28. The molecule has 1 unspecified atom stereocenters. The number of rotatable bonds is 6. The van der Waals surface area contributed by atoms with Crippen molar-refractivity contribution in [3.05, 3.63) is 18.2 Å². The number of anilines is 1. The molecular weight excluding hydrogens is 264 g/mol. The van der Waals surface area contributed by atoms with Crippen LogP contribution < -0.4 is 15.2 Å². The van der Waals surface area contributed by atoms with Crippen LogP contribution in [0.2, 0.25) is 0 Å². The van der Waals surface area contributed by atoms with Crippen molar-refractivity contribution in [1.82, 2.24) is 4.72 Å². The predicted octanol–water partition coefficient (Wildman–Crippen LogP) is 1.99. The third-order valence-electron chi connectivity index (χ3n) is 2.70. The van der Waals surface area contributed by atoms with Gasteiger partial charge in [0.05, 0.1) is 17.7 Å². The zero-order chi connectivity index (χ0) is 14.6. The Hall–Kier alpha value is -1.27. The standard InChI is InChI=1S/C13H22N2O3S/c1-9(2)7-10(3)15-19(16,17)11-5-6-12(14)13(8-11)18-4/h5-6,8-10,15H,7,14H2,1-4H3. The van der Waals surface area contributed by atoms with Gasteiger partial charge in [0.2, 0.25) is 10.0 Å². The molecule has 3 N–H and O–H groups in total. The van der Waals surface area contributed by atoms with Gasteiger partial charge in [0, 0.05) is 12.1 Å². The van der Waals surface area contributed by atoms with E-state index < -0.39 is 10.0 Å². The summed E-state index contributed by atoms with van der Waals surface area (Å²) in [5, 5.41) is 0. The highest BCUT2D eigenvalue weighted by molar-refractivity contribution is 7.89. The second kappa shape index (κ2) is 6.25. The minimum Gasteiger partial charge on any atom is -0.495 e. The molecule has 0 bridgehead atoms. The second-order valence-electron chi connectivity index (χ2n) is 5.06. The predicted molar refractivity (Wildman–Crippen MR) is 76.6 cm³/mol. The molecule has 0 saturated heterocycles. The molecule has 19 heavy (non-hydrogen) atoms. The molecule has 0 aliphatic rings. The minimum atomic E-state index is -3.54. The van der Waals surface area contributed by atoms with E-state index in [0.717, 1.165) is 6.42 Å². The van der Waals surface area contributed by atoms with Crippen LogP contribution >= 0.6 is 0 Å². The van der Waals surface area contributed by atoms with E-state index in [1.807, 2.05) is 6.92 Å². The highest BCUT2D eigenvalue weighted by Gasteiger charge is 2.19. The molecule has 0 saturated carbocycles. The average Bonchev–Trinajstić information content (AvgIpc) is 2.27. The first kappa shape index (κ1) is 15.8. The summed E-state index contributed by atoms with van der Waals surface area (Å²) >= 11 is 0. The summed E-state index contributed by atoms with van der Waals surface area (Å²) in [5.41, 5.74) is 6.08. The Kier molecular flexibility index (Phi) is 5.20. The lowest BCUT2D eigenvalue weighted by molar-refractivity contribution is 0.415. The summed E-state index contributed by atoms with van der Waals surface area (Å²) in [6, 6.07) is 4.32. The summed E-state index contributed by atoms with van der Waals surface area (Å²) in [7, 11) is -2.08. The van der Waals surface area contributed by atoms with Gasteiger partial charge in [-0.15, -0.1) is 0 Å². The van der Waals surface area contributed by atoms with Crippen molar-refractivity contribution in [2.45, 2.75) is 38.1 Å². The summed E-state index contributed by atoms with van der Waals surface area (Å²) in [4.78, 5) is 0.161. The van der Waals surface area contributed by atoms with Crippen molar-refractivity contribution in [2.75, 3.05) is 12.8 Å². The SMILES string of the molecule is COc1cc(S(=O)(=O)NC(C)CC(C)C)ccc1N. The Labute approximate surface area is 115 Å². The fourth-order valence-electron chi connectivity index (χ4n) is 1.95. The molecule has 1 aromatic rings. The van der Waals surface area contributed by atoms with Crippen LogP contribution in [0.5, 0.6) is 5.75 Å². The fourth-order valence-corrected chi connectivity index (χ4v) is 3.22. The van der Waals surface area contributed by atoms with Crippen LogP contribution in [0.3, 0.4) is 0 Å².